The summed E-state index contributed by atoms with van der Waals surface area (Å²) in [6.07, 6.45) is 0. The van der Waals surface area contributed by atoms with Crippen LogP contribution >= 0.6 is 0 Å². The van der Waals surface area contributed by atoms with Gasteiger partial charge in [-0.15, -0.1) is 0 Å². The lowest BCUT2D eigenvalue weighted by Crippen LogP contribution is -2.30. The van der Waals surface area contributed by atoms with Gasteiger partial charge in [0.05, 0.1) is 19.8 Å². The summed E-state index contributed by atoms with van der Waals surface area (Å²) < 4.78 is 15.4. The second-order valence-electron chi connectivity index (χ2n) is 6.25. The van der Waals surface area contributed by atoms with Gasteiger partial charge in [0.2, 0.25) is 0 Å². The van der Waals surface area contributed by atoms with Crippen molar-refractivity contribution in [1.29, 1.82) is 0 Å². The smallest absolute Gasteiger partial charge is 0.337 e. The van der Waals surface area contributed by atoms with Crippen LogP contribution in [0.25, 0.3) is 0 Å². The number of hydrogen-bond acceptors (Lipinski definition) is 6. The summed E-state index contributed by atoms with van der Waals surface area (Å²) in [5, 5.41) is 2.71. The molecule has 0 fully saturated rings. The van der Waals surface area contributed by atoms with Gasteiger partial charge >= 0.3 is 5.97 Å². The molecule has 8 nitrogen and oxygen atoms in total. The molecule has 2 amide bonds. The molecule has 0 unspecified atom stereocenters. The molecule has 2 rings (SSSR count). The maximum Gasteiger partial charge on any atom is 0.337 e. The predicted molar refractivity (Wildman–Crippen MR) is 112 cm³/mol. The second-order valence-corrected chi connectivity index (χ2v) is 6.25. The second kappa shape index (κ2) is 10.8. The molecule has 0 spiro atoms. The Kier molecular flexibility index (Phi) is 8.22. The number of nitrogens with zero attached hydrogens (tertiary/aromatic N) is 1. The van der Waals surface area contributed by atoms with Crippen molar-refractivity contribution in [3.05, 3.63) is 53.6 Å². The van der Waals surface area contributed by atoms with Crippen molar-refractivity contribution in [1.82, 2.24) is 4.90 Å². The van der Waals surface area contributed by atoms with Gasteiger partial charge in [-0.25, -0.2) is 4.79 Å². The lowest BCUT2D eigenvalue weighted by atomic mass is 10.1. The summed E-state index contributed by atoms with van der Waals surface area (Å²) in [6.45, 7) is 4.77. The molecular formula is C22H26N2O6. The molecule has 0 aliphatic heterocycles. The van der Waals surface area contributed by atoms with Gasteiger partial charge < -0.3 is 24.4 Å². The Hall–Kier alpha value is -3.55. The molecule has 8 heteroatoms. The number of benzene rings is 2. The Bertz CT molecular complexity index is 908. The van der Waals surface area contributed by atoms with Crippen molar-refractivity contribution >= 4 is 23.5 Å². The minimum atomic E-state index is -0.503. The first-order valence-electron chi connectivity index (χ1n) is 9.51. The minimum Gasteiger partial charge on any atom is -0.493 e. The van der Waals surface area contributed by atoms with Crippen LogP contribution in [0.2, 0.25) is 0 Å². The highest BCUT2D eigenvalue weighted by Crippen LogP contribution is 2.28. The molecule has 0 aromatic heterocycles. The molecule has 0 bridgehead atoms. The van der Waals surface area contributed by atoms with E-state index in [1.807, 2.05) is 13.8 Å². The van der Waals surface area contributed by atoms with Crippen molar-refractivity contribution in [3.63, 3.8) is 0 Å². The third-order valence-corrected chi connectivity index (χ3v) is 4.39. The molecule has 0 atom stereocenters. The zero-order chi connectivity index (χ0) is 22.1. The first kappa shape index (κ1) is 22.7. The van der Waals surface area contributed by atoms with E-state index >= 15 is 0 Å². The number of anilines is 1. The Morgan fingerprint density at radius 2 is 1.67 bits per heavy atom. The third-order valence-electron chi connectivity index (χ3n) is 4.39. The summed E-state index contributed by atoms with van der Waals surface area (Å²) in [5.41, 5.74) is 1.30. The lowest BCUT2D eigenvalue weighted by molar-refractivity contribution is -0.118. The number of carbonyl (C=O) groups excluding carboxylic acids is 3. The van der Waals surface area contributed by atoms with Crippen LogP contribution in [-0.2, 0) is 9.53 Å². The van der Waals surface area contributed by atoms with E-state index in [1.165, 1.54) is 32.4 Å². The highest BCUT2D eigenvalue weighted by atomic mass is 16.5. The van der Waals surface area contributed by atoms with Gasteiger partial charge in [0.25, 0.3) is 11.8 Å². The van der Waals surface area contributed by atoms with Gasteiger partial charge in [0.15, 0.2) is 18.1 Å². The Balaban J connectivity index is 2.02. The SMILES string of the molecule is CCN(CC)C(=O)c1cccc(NC(=O)COc2ccc(C(=O)OC)cc2OC)c1. The average molecular weight is 414 g/mol. The van der Waals surface area contributed by atoms with E-state index in [1.54, 1.807) is 29.2 Å². The van der Waals surface area contributed by atoms with Crippen LogP contribution in [0.3, 0.4) is 0 Å². The fourth-order valence-electron chi connectivity index (χ4n) is 2.80. The van der Waals surface area contributed by atoms with Crippen LogP contribution in [-0.4, -0.2) is 56.6 Å². The van der Waals surface area contributed by atoms with Crippen molar-refractivity contribution < 1.29 is 28.6 Å². The number of ether oxygens (including phenoxy) is 3. The first-order chi connectivity index (χ1) is 14.4. The van der Waals surface area contributed by atoms with E-state index in [0.29, 0.717) is 41.4 Å². The summed E-state index contributed by atoms with van der Waals surface area (Å²) >= 11 is 0. The van der Waals surface area contributed by atoms with Crippen molar-refractivity contribution in [2.45, 2.75) is 13.8 Å². The molecule has 2 aromatic rings. The molecule has 160 valence electrons. The highest BCUT2D eigenvalue weighted by Gasteiger charge is 2.15. The number of amides is 2. The molecule has 0 radical (unpaired) electrons. The largest absolute Gasteiger partial charge is 0.493 e. The zero-order valence-electron chi connectivity index (χ0n) is 17.6. The van der Waals surface area contributed by atoms with Gasteiger partial charge in [-0.1, -0.05) is 6.07 Å². The summed E-state index contributed by atoms with van der Waals surface area (Å²) in [5.74, 6) is -0.385. The van der Waals surface area contributed by atoms with E-state index in [9.17, 15) is 14.4 Å². The van der Waals surface area contributed by atoms with E-state index in [2.05, 4.69) is 10.1 Å². The van der Waals surface area contributed by atoms with Crippen LogP contribution in [0.5, 0.6) is 11.5 Å². The zero-order valence-corrected chi connectivity index (χ0v) is 17.6. The molecular weight excluding hydrogens is 388 g/mol. The highest BCUT2D eigenvalue weighted by molar-refractivity contribution is 5.97. The molecule has 1 N–H and O–H groups in total. The van der Waals surface area contributed by atoms with Gasteiger partial charge in [0.1, 0.15) is 0 Å². The molecule has 0 aliphatic rings. The molecule has 0 saturated heterocycles. The lowest BCUT2D eigenvalue weighted by Gasteiger charge is -2.19. The monoisotopic (exact) mass is 414 g/mol. The van der Waals surface area contributed by atoms with Crippen LogP contribution < -0.4 is 14.8 Å². The van der Waals surface area contributed by atoms with Gasteiger partial charge in [-0.05, 0) is 50.2 Å². The van der Waals surface area contributed by atoms with E-state index < -0.39 is 11.9 Å². The molecule has 30 heavy (non-hydrogen) atoms. The van der Waals surface area contributed by atoms with E-state index in [-0.39, 0.29) is 12.5 Å². The topological polar surface area (TPSA) is 94.2 Å². The van der Waals surface area contributed by atoms with Crippen LogP contribution in [0.4, 0.5) is 5.69 Å². The fourth-order valence-corrected chi connectivity index (χ4v) is 2.80. The quantitative estimate of drug-likeness (QED) is 0.634. The Morgan fingerprint density at radius 3 is 2.30 bits per heavy atom. The van der Waals surface area contributed by atoms with Crippen molar-refractivity contribution in [2.75, 3.05) is 39.2 Å². The number of nitrogens with one attached hydrogen (secondary N) is 1. The maximum atomic E-state index is 12.5. The first-order valence-corrected chi connectivity index (χ1v) is 9.51. The summed E-state index contributed by atoms with van der Waals surface area (Å²) in [4.78, 5) is 38.1. The van der Waals surface area contributed by atoms with Crippen molar-refractivity contribution in [3.8, 4) is 11.5 Å². The number of hydrogen-bond donors (Lipinski definition) is 1. The summed E-state index contributed by atoms with van der Waals surface area (Å²) in [7, 11) is 2.72. The van der Waals surface area contributed by atoms with E-state index in [4.69, 9.17) is 9.47 Å². The van der Waals surface area contributed by atoms with Gasteiger partial charge in [-0.2, -0.15) is 0 Å². The molecule has 2 aromatic carbocycles. The maximum absolute atomic E-state index is 12.5. The van der Waals surface area contributed by atoms with Gasteiger partial charge in [0, 0.05) is 24.3 Å². The number of rotatable bonds is 9. The number of carbonyl (C=O) groups is 3. The standard InChI is InChI=1S/C22H26N2O6/c1-5-24(6-2)21(26)15-8-7-9-17(12-15)23-20(25)14-30-18-11-10-16(22(27)29-4)13-19(18)28-3/h7-13H,5-6,14H2,1-4H3,(H,23,25). The minimum absolute atomic E-state index is 0.0946. The van der Waals surface area contributed by atoms with Gasteiger partial charge in [-0.3, -0.25) is 9.59 Å². The van der Waals surface area contributed by atoms with Crippen LogP contribution in [0.15, 0.2) is 42.5 Å². The van der Waals surface area contributed by atoms with Crippen LogP contribution in [0.1, 0.15) is 34.6 Å². The number of esters is 1. The predicted octanol–water partition coefficient (Wildman–Crippen LogP) is 2.98. The number of methoxy groups -OCH3 is 2. The van der Waals surface area contributed by atoms with E-state index in [0.717, 1.165) is 0 Å². The molecule has 0 saturated carbocycles. The fraction of sp³-hybridized carbons (Fsp3) is 0.318. The summed E-state index contributed by atoms with van der Waals surface area (Å²) in [6, 6.07) is 11.3. The van der Waals surface area contributed by atoms with Crippen LogP contribution in [0, 0.1) is 0 Å². The molecule has 0 aliphatic carbocycles. The average Bonchev–Trinajstić information content (AvgIpc) is 2.77. The Labute approximate surface area is 175 Å². The normalized spacial score (nSPS) is 10.1. The molecule has 0 heterocycles. The third kappa shape index (κ3) is 5.73. The van der Waals surface area contributed by atoms with Crippen molar-refractivity contribution in [2.24, 2.45) is 0 Å². The Morgan fingerprint density at radius 1 is 0.933 bits per heavy atom.